The third kappa shape index (κ3) is 3.30. The average Bonchev–Trinajstić information content (AvgIpc) is 2.67. The Kier molecular flexibility index (Phi) is 4.65. The molecule has 0 saturated carbocycles. The summed E-state index contributed by atoms with van der Waals surface area (Å²) < 4.78 is 1.71. The van der Waals surface area contributed by atoms with Crippen molar-refractivity contribution in [2.24, 2.45) is 0 Å². The van der Waals surface area contributed by atoms with E-state index in [2.05, 4.69) is 0 Å². The van der Waals surface area contributed by atoms with Gasteiger partial charge in [0.25, 0.3) is 0 Å². The first-order chi connectivity index (χ1) is 9.45. The molecule has 0 spiro atoms. The van der Waals surface area contributed by atoms with Gasteiger partial charge in [0.05, 0.1) is 18.7 Å². The Morgan fingerprint density at radius 3 is 2.75 bits per heavy atom. The molecule has 1 amide bonds. The van der Waals surface area contributed by atoms with Gasteiger partial charge in [-0.15, -0.1) is 0 Å². The number of aliphatic hydroxyl groups is 1. The molecule has 0 radical (unpaired) electrons. The van der Waals surface area contributed by atoms with E-state index >= 15 is 0 Å². The molecule has 1 saturated heterocycles. The fourth-order valence-corrected chi connectivity index (χ4v) is 3.45. The van der Waals surface area contributed by atoms with Gasteiger partial charge >= 0.3 is 4.87 Å². The fraction of sp³-hybridized carbons (Fsp3) is 0.714. The molecule has 0 aromatic carbocycles. The van der Waals surface area contributed by atoms with Gasteiger partial charge in [-0.1, -0.05) is 24.7 Å². The Morgan fingerprint density at radius 2 is 2.20 bits per heavy atom. The molecular formula is C14H22N2O3S. The molecule has 112 valence electrons. The average molecular weight is 298 g/mol. The molecule has 0 aliphatic carbocycles. The molecule has 1 aromatic rings. The number of β-amino-alcohol motifs (C(OH)–C–C–N with tert-alkyl or cyclic N) is 1. The lowest BCUT2D eigenvalue weighted by atomic mass is 9.89. The smallest absolute Gasteiger partial charge is 0.307 e. The maximum atomic E-state index is 11.9. The van der Waals surface area contributed by atoms with Crippen LogP contribution in [0.1, 0.15) is 38.3 Å². The number of hydrogen-bond acceptors (Lipinski definition) is 4. The van der Waals surface area contributed by atoms with Crippen molar-refractivity contribution >= 4 is 17.2 Å². The molecule has 0 unspecified atom stereocenters. The van der Waals surface area contributed by atoms with Crippen LogP contribution >= 0.6 is 11.3 Å². The largest absolute Gasteiger partial charge is 0.386 e. The fourth-order valence-electron chi connectivity index (χ4n) is 2.69. The predicted octanol–water partition coefficient (Wildman–Crippen LogP) is 1.37. The number of nitrogens with zero attached hydrogens (tertiary/aromatic N) is 2. The molecular weight excluding hydrogens is 276 g/mol. The van der Waals surface area contributed by atoms with Crippen LogP contribution in [0.3, 0.4) is 0 Å². The highest BCUT2D eigenvalue weighted by atomic mass is 32.1. The summed E-state index contributed by atoms with van der Waals surface area (Å²) in [7, 11) is 0. The van der Waals surface area contributed by atoms with Crippen LogP contribution in [0.15, 0.2) is 10.2 Å². The van der Waals surface area contributed by atoms with E-state index in [4.69, 9.17) is 0 Å². The van der Waals surface area contributed by atoms with Gasteiger partial charge in [0.1, 0.15) is 0 Å². The Labute approximate surface area is 122 Å². The van der Waals surface area contributed by atoms with Crippen molar-refractivity contribution in [2.45, 2.75) is 51.7 Å². The number of rotatable bonds is 6. The van der Waals surface area contributed by atoms with Crippen LogP contribution < -0.4 is 4.87 Å². The van der Waals surface area contributed by atoms with E-state index in [-0.39, 0.29) is 10.8 Å². The highest BCUT2D eigenvalue weighted by Gasteiger charge is 2.42. The van der Waals surface area contributed by atoms with Gasteiger partial charge in [-0.3, -0.25) is 9.59 Å². The van der Waals surface area contributed by atoms with Gasteiger partial charge in [-0.25, -0.2) is 0 Å². The van der Waals surface area contributed by atoms with Crippen molar-refractivity contribution in [2.75, 3.05) is 13.1 Å². The van der Waals surface area contributed by atoms with E-state index in [1.807, 2.05) is 19.2 Å². The number of amides is 1. The van der Waals surface area contributed by atoms with Crippen LogP contribution in [-0.2, 0) is 11.3 Å². The quantitative estimate of drug-likeness (QED) is 0.863. The lowest BCUT2D eigenvalue weighted by Gasteiger charge is -2.46. The molecule has 1 aromatic heterocycles. The molecule has 1 aliphatic rings. The molecule has 2 rings (SSSR count). The first-order valence-corrected chi connectivity index (χ1v) is 7.98. The minimum absolute atomic E-state index is 0.0382. The molecule has 1 N–H and O–H groups in total. The van der Waals surface area contributed by atoms with Gasteiger partial charge in [0.2, 0.25) is 5.91 Å². The zero-order chi connectivity index (χ0) is 14.8. The summed E-state index contributed by atoms with van der Waals surface area (Å²) in [6.45, 7) is 5.44. The molecule has 0 bridgehead atoms. The van der Waals surface area contributed by atoms with Crippen LogP contribution in [0, 0.1) is 6.92 Å². The lowest BCUT2D eigenvalue weighted by Crippen LogP contribution is -2.63. The normalized spacial score (nSPS) is 17.1. The zero-order valence-electron chi connectivity index (χ0n) is 12.1. The van der Waals surface area contributed by atoms with Crippen LogP contribution in [0.2, 0.25) is 0 Å². The molecule has 1 aliphatic heterocycles. The Hall–Kier alpha value is -1.14. The first kappa shape index (κ1) is 15.3. The summed E-state index contributed by atoms with van der Waals surface area (Å²) in [5, 5.41) is 11.9. The third-order valence-corrected chi connectivity index (χ3v) is 4.67. The number of thiazole rings is 1. The number of carbonyl (C=O) groups is 1. The van der Waals surface area contributed by atoms with Crippen molar-refractivity contribution < 1.29 is 9.90 Å². The molecule has 1 fully saturated rings. The number of likely N-dealkylation sites (tertiary alicyclic amines) is 1. The van der Waals surface area contributed by atoms with Crippen LogP contribution in [0.5, 0.6) is 0 Å². The lowest BCUT2D eigenvalue weighted by molar-refractivity contribution is -0.156. The summed E-state index contributed by atoms with van der Waals surface area (Å²) in [5.74, 6) is 0.0757. The monoisotopic (exact) mass is 298 g/mol. The van der Waals surface area contributed by atoms with Crippen molar-refractivity contribution in [3.63, 3.8) is 0 Å². The molecule has 0 atom stereocenters. The Balaban J connectivity index is 1.73. The third-order valence-electron chi connectivity index (χ3n) is 3.79. The van der Waals surface area contributed by atoms with Crippen molar-refractivity contribution in [1.82, 2.24) is 9.47 Å². The number of hydrogen-bond donors (Lipinski definition) is 1. The van der Waals surface area contributed by atoms with Gasteiger partial charge in [-0.2, -0.15) is 0 Å². The Bertz CT molecular complexity index is 529. The summed E-state index contributed by atoms with van der Waals surface area (Å²) in [6.07, 6.45) is 2.78. The standard InChI is InChI=1S/C14H22N2O3S/c1-3-6-14(19)9-15(10-14)12(17)5-4-7-16-11(2)8-20-13(16)18/h8,19H,3-7,9-10H2,1-2H3. The van der Waals surface area contributed by atoms with Crippen LogP contribution in [0.4, 0.5) is 0 Å². The number of aromatic nitrogens is 1. The SMILES string of the molecule is CCCC1(O)CN(C(=O)CCCn2c(C)csc2=O)C1. The summed E-state index contributed by atoms with van der Waals surface area (Å²) in [6, 6.07) is 0. The second kappa shape index (κ2) is 6.10. The maximum absolute atomic E-state index is 11.9. The van der Waals surface area contributed by atoms with E-state index < -0.39 is 5.60 Å². The Morgan fingerprint density at radius 1 is 1.50 bits per heavy atom. The molecule has 5 nitrogen and oxygen atoms in total. The molecule has 2 heterocycles. The highest BCUT2D eigenvalue weighted by molar-refractivity contribution is 7.07. The number of aryl methyl sites for hydroxylation is 1. The summed E-state index contributed by atoms with van der Waals surface area (Å²) in [4.78, 5) is 25.2. The van der Waals surface area contributed by atoms with Crippen molar-refractivity contribution in [1.29, 1.82) is 0 Å². The van der Waals surface area contributed by atoms with E-state index in [1.165, 1.54) is 11.3 Å². The van der Waals surface area contributed by atoms with Crippen LogP contribution in [0.25, 0.3) is 0 Å². The van der Waals surface area contributed by atoms with E-state index in [1.54, 1.807) is 9.47 Å². The topological polar surface area (TPSA) is 62.5 Å². The molecule has 20 heavy (non-hydrogen) atoms. The minimum atomic E-state index is -0.661. The second-order valence-electron chi connectivity index (χ2n) is 5.62. The van der Waals surface area contributed by atoms with Crippen LogP contribution in [-0.4, -0.2) is 39.2 Å². The van der Waals surface area contributed by atoms with Gasteiger partial charge in [0, 0.05) is 24.0 Å². The summed E-state index contributed by atoms with van der Waals surface area (Å²) in [5.41, 5.74) is 0.291. The predicted molar refractivity (Wildman–Crippen MR) is 79.0 cm³/mol. The van der Waals surface area contributed by atoms with Crippen molar-refractivity contribution in [3.8, 4) is 0 Å². The van der Waals surface area contributed by atoms with Gasteiger partial charge in [-0.05, 0) is 19.8 Å². The van der Waals surface area contributed by atoms with Crippen molar-refractivity contribution in [3.05, 3.63) is 20.7 Å². The van der Waals surface area contributed by atoms with Gasteiger partial charge < -0.3 is 14.6 Å². The zero-order valence-corrected chi connectivity index (χ0v) is 12.9. The van der Waals surface area contributed by atoms with Gasteiger partial charge in [0.15, 0.2) is 0 Å². The van der Waals surface area contributed by atoms with E-state index in [0.717, 1.165) is 18.5 Å². The maximum Gasteiger partial charge on any atom is 0.307 e. The second-order valence-corrected chi connectivity index (χ2v) is 6.44. The highest BCUT2D eigenvalue weighted by Crippen LogP contribution is 2.26. The number of carbonyl (C=O) groups excluding carboxylic acids is 1. The van der Waals surface area contributed by atoms with E-state index in [0.29, 0.717) is 32.5 Å². The summed E-state index contributed by atoms with van der Waals surface area (Å²) >= 11 is 1.20. The molecule has 6 heteroatoms. The minimum Gasteiger partial charge on any atom is -0.386 e. The van der Waals surface area contributed by atoms with E-state index in [9.17, 15) is 14.7 Å². The first-order valence-electron chi connectivity index (χ1n) is 7.10.